The van der Waals surface area contributed by atoms with Crippen molar-refractivity contribution in [3.05, 3.63) is 35.9 Å². The molecule has 1 aliphatic rings. The SMILES string of the molecule is CC(=O)OCC1OC(OCCOCCC(=O)OCc2ccccc2)C(C)C(C)C1OC(C)=O. The van der Waals surface area contributed by atoms with Gasteiger partial charge in [-0.25, -0.2) is 0 Å². The average molecular weight is 467 g/mol. The molecule has 0 N–H and O–H groups in total. The van der Waals surface area contributed by atoms with E-state index in [1.807, 2.05) is 44.2 Å². The quantitative estimate of drug-likeness (QED) is 0.261. The maximum atomic E-state index is 11.8. The normalized spacial score (nSPS) is 24.7. The van der Waals surface area contributed by atoms with Gasteiger partial charge in [0.05, 0.1) is 26.2 Å². The first-order chi connectivity index (χ1) is 15.8. The summed E-state index contributed by atoms with van der Waals surface area (Å²) in [5.74, 6) is -1.35. The van der Waals surface area contributed by atoms with E-state index in [4.69, 9.17) is 28.4 Å². The Balaban J connectivity index is 1.69. The van der Waals surface area contributed by atoms with Gasteiger partial charge in [0.25, 0.3) is 0 Å². The van der Waals surface area contributed by atoms with E-state index in [2.05, 4.69) is 0 Å². The maximum absolute atomic E-state index is 11.8. The third-order valence-corrected chi connectivity index (χ3v) is 5.41. The number of benzene rings is 1. The zero-order valence-electron chi connectivity index (χ0n) is 19.7. The molecule has 1 aromatic carbocycles. The van der Waals surface area contributed by atoms with Gasteiger partial charge in [0, 0.05) is 25.7 Å². The highest BCUT2D eigenvalue weighted by atomic mass is 16.7. The third-order valence-electron chi connectivity index (χ3n) is 5.41. The molecular weight excluding hydrogens is 432 g/mol. The summed E-state index contributed by atoms with van der Waals surface area (Å²) in [5.41, 5.74) is 0.930. The highest BCUT2D eigenvalue weighted by Crippen LogP contribution is 2.33. The Labute approximate surface area is 194 Å². The Bertz CT molecular complexity index is 752. The van der Waals surface area contributed by atoms with E-state index in [1.54, 1.807) is 0 Å². The monoisotopic (exact) mass is 466 g/mol. The zero-order valence-corrected chi connectivity index (χ0v) is 19.7. The van der Waals surface area contributed by atoms with Gasteiger partial charge in [-0.1, -0.05) is 44.2 Å². The van der Waals surface area contributed by atoms with Gasteiger partial charge in [-0.2, -0.15) is 0 Å². The minimum absolute atomic E-state index is 0.0359. The molecule has 0 amide bonds. The van der Waals surface area contributed by atoms with Crippen LogP contribution in [0.1, 0.15) is 39.7 Å². The van der Waals surface area contributed by atoms with E-state index in [1.165, 1.54) is 13.8 Å². The molecule has 1 fully saturated rings. The lowest BCUT2D eigenvalue weighted by molar-refractivity contribution is -0.275. The lowest BCUT2D eigenvalue weighted by Crippen LogP contribution is -2.53. The molecular formula is C24H34O9. The number of carbonyl (C=O) groups excluding carboxylic acids is 3. The Morgan fingerprint density at radius 1 is 0.909 bits per heavy atom. The molecule has 0 aliphatic carbocycles. The summed E-state index contributed by atoms with van der Waals surface area (Å²) in [5, 5.41) is 0. The average Bonchev–Trinajstić information content (AvgIpc) is 2.78. The smallest absolute Gasteiger partial charge is 0.308 e. The fourth-order valence-corrected chi connectivity index (χ4v) is 3.45. The maximum Gasteiger partial charge on any atom is 0.308 e. The van der Waals surface area contributed by atoms with E-state index >= 15 is 0 Å². The van der Waals surface area contributed by atoms with Crippen molar-refractivity contribution >= 4 is 17.9 Å². The lowest BCUT2D eigenvalue weighted by atomic mass is 9.84. The third kappa shape index (κ3) is 9.49. The van der Waals surface area contributed by atoms with Crippen LogP contribution in [-0.2, 0) is 49.4 Å². The number of hydrogen-bond donors (Lipinski definition) is 0. The van der Waals surface area contributed by atoms with E-state index in [9.17, 15) is 14.4 Å². The highest BCUT2D eigenvalue weighted by Gasteiger charge is 2.44. The molecule has 1 aliphatic heterocycles. The van der Waals surface area contributed by atoms with E-state index in [0.717, 1.165) is 5.56 Å². The summed E-state index contributed by atoms with van der Waals surface area (Å²) >= 11 is 0. The van der Waals surface area contributed by atoms with E-state index in [0.29, 0.717) is 0 Å². The van der Waals surface area contributed by atoms with Crippen molar-refractivity contribution in [2.24, 2.45) is 11.8 Å². The van der Waals surface area contributed by atoms with Gasteiger partial charge in [0.1, 0.15) is 25.4 Å². The fourth-order valence-electron chi connectivity index (χ4n) is 3.45. The molecule has 1 heterocycles. The van der Waals surface area contributed by atoms with Crippen molar-refractivity contribution in [2.45, 2.75) is 59.2 Å². The molecule has 5 unspecified atom stereocenters. The van der Waals surface area contributed by atoms with Crippen LogP contribution in [0.5, 0.6) is 0 Å². The molecule has 9 nitrogen and oxygen atoms in total. The number of hydrogen-bond acceptors (Lipinski definition) is 9. The minimum Gasteiger partial charge on any atom is -0.463 e. The number of carbonyl (C=O) groups is 3. The molecule has 2 rings (SSSR count). The predicted molar refractivity (Wildman–Crippen MR) is 117 cm³/mol. The standard InChI is InChI=1S/C24H34O9/c1-16-17(2)24(33-21(15-30-18(3)25)23(16)32-19(4)26)29-13-12-28-11-10-22(27)31-14-20-8-6-5-7-9-20/h5-9,16-17,21,23-24H,10-15H2,1-4H3. The number of rotatable bonds is 12. The van der Waals surface area contributed by atoms with Crippen molar-refractivity contribution in [2.75, 3.05) is 26.4 Å². The summed E-state index contributed by atoms with van der Waals surface area (Å²) in [6.45, 7) is 7.46. The molecule has 0 aromatic heterocycles. The van der Waals surface area contributed by atoms with Gasteiger partial charge in [0.2, 0.25) is 0 Å². The van der Waals surface area contributed by atoms with Crippen LogP contribution in [0, 0.1) is 11.8 Å². The van der Waals surface area contributed by atoms with Crippen molar-refractivity contribution < 1.29 is 42.8 Å². The Morgan fingerprint density at radius 3 is 2.30 bits per heavy atom. The summed E-state index contributed by atoms with van der Waals surface area (Å²) in [4.78, 5) is 34.5. The van der Waals surface area contributed by atoms with Gasteiger partial charge in [-0.05, 0) is 5.56 Å². The van der Waals surface area contributed by atoms with E-state index in [-0.39, 0.29) is 57.3 Å². The van der Waals surface area contributed by atoms with Crippen LogP contribution in [-0.4, -0.2) is 62.8 Å². The largest absolute Gasteiger partial charge is 0.463 e. The van der Waals surface area contributed by atoms with Crippen molar-refractivity contribution in [1.82, 2.24) is 0 Å². The molecule has 9 heteroatoms. The molecule has 1 saturated heterocycles. The Morgan fingerprint density at radius 2 is 1.64 bits per heavy atom. The number of esters is 3. The molecule has 0 saturated carbocycles. The summed E-state index contributed by atoms with van der Waals surface area (Å²) in [7, 11) is 0. The molecule has 1 aromatic rings. The summed E-state index contributed by atoms with van der Waals surface area (Å²) < 4.78 is 32.9. The first-order valence-corrected chi connectivity index (χ1v) is 11.1. The van der Waals surface area contributed by atoms with Crippen LogP contribution in [0.2, 0.25) is 0 Å². The van der Waals surface area contributed by atoms with Crippen molar-refractivity contribution in [3.8, 4) is 0 Å². The van der Waals surface area contributed by atoms with Crippen LogP contribution >= 0.6 is 0 Å². The highest BCUT2D eigenvalue weighted by molar-refractivity contribution is 5.69. The Hall–Kier alpha value is -2.49. The Kier molecular flexibility index (Phi) is 11.3. The zero-order chi connectivity index (χ0) is 24.2. The van der Waals surface area contributed by atoms with Gasteiger partial charge in [0.15, 0.2) is 6.29 Å². The molecule has 0 radical (unpaired) electrons. The first-order valence-electron chi connectivity index (χ1n) is 11.1. The van der Waals surface area contributed by atoms with Gasteiger partial charge in [-0.3, -0.25) is 14.4 Å². The van der Waals surface area contributed by atoms with Gasteiger partial charge in [-0.15, -0.1) is 0 Å². The predicted octanol–water partition coefficient (Wildman–Crippen LogP) is 2.65. The minimum atomic E-state index is -0.630. The van der Waals surface area contributed by atoms with Crippen molar-refractivity contribution in [3.63, 3.8) is 0 Å². The summed E-state index contributed by atoms with van der Waals surface area (Å²) in [6, 6.07) is 9.46. The van der Waals surface area contributed by atoms with E-state index < -0.39 is 30.4 Å². The van der Waals surface area contributed by atoms with Crippen LogP contribution in [0.4, 0.5) is 0 Å². The topological polar surface area (TPSA) is 107 Å². The first kappa shape index (κ1) is 26.8. The fraction of sp³-hybridized carbons (Fsp3) is 0.625. The van der Waals surface area contributed by atoms with Gasteiger partial charge >= 0.3 is 17.9 Å². The van der Waals surface area contributed by atoms with Crippen LogP contribution < -0.4 is 0 Å². The number of ether oxygens (including phenoxy) is 6. The second-order valence-electron chi connectivity index (χ2n) is 8.02. The molecule has 5 atom stereocenters. The van der Waals surface area contributed by atoms with Crippen LogP contribution in [0.3, 0.4) is 0 Å². The molecule has 33 heavy (non-hydrogen) atoms. The molecule has 184 valence electrons. The van der Waals surface area contributed by atoms with Gasteiger partial charge < -0.3 is 28.4 Å². The lowest BCUT2D eigenvalue weighted by Gasteiger charge is -2.43. The summed E-state index contributed by atoms with van der Waals surface area (Å²) in [6.07, 6.45) is -1.61. The molecule has 0 bridgehead atoms. The van der Waals surface area contributed by atoms with Crippen LogP contribution in [0.15, 0.2) is 30.3 Å². The second-order valence-corrected chi connectivity index (χ2v) is 8.02. The second kappa shape index (κ2) is 13.9. The van der Waals surface area contributed by atoms with Crippen LogP contribution in [0.25, 0.3) is 0 Å². The molecule has 0 spiro atoms. The van der Waals surface area contributed by atoms with Crippen molar-refractivity contribution in [1.29, 1.82) is 0 Å².